The number of imide groups is 1. The lowest BCUT2D eigenvalue weighted by atomic mass is 10.1. The molecule has 0 aromatic heterocycles. The number of nitrogens with zero attached hydrogens (tertiary/aromatic N) is 1. The molecule has 0 saturated heterocycles. The van der Waals surface area contributed by atoms with Gasteiger partial charge in [0.15, 0.2) is 0 Å². The maximum atomic E-state index is 12.8. The average Bonchev–Trinajstić information content (AvgIpc) is 3.08. The molecule has 0 atom stereocenters. The number of hydrogen-bond acceptors (Lipinski definition) is 6. The molecule has 0 unspecified atom stereocenters. The Bertz CT molecular complexity index is 1410. The normalized spacial score (nSPS) is 12.4. The maximum Gasteiger partial charge on any atom is 0.308 e. The average molecular weight is 485 g/mol. The van der Waals surface area contributed by atoms with E-state index in [1.807, 2.05) is 0 Å². The highest BCUT2D eigenvalue weighted by Crippen LogP contribution is 2.26. The largest absolute Gasteiger partial charge is 0.427 e. The summed E-state index contributed by atoms with van der Waals surface area (Å²) in [6.07, 6.45) is 0. The van der Waals surface area contributed by atoms with Gasteiger partial charge in [0.05, 0.1) is 11.1 Å². The summed E-state index contributed by atoms with van der Waals surface area (Å²) in [7, 11) is 0. The summed E-state index contributed by atoms with van der Waals surface area (Å²) in [5.41, 5.74) is 1.82. The van der Waals surface area contributed by atoms with Crippen molar-refractivity contribution in [1.82, 2.24) is 4.90 Å². The third-order valence-corrected chi connectivity index (χ3v) is 5.43. The summed E-state index contributed by atoms with van der Waals surface area (Å²) in [5, 5.41) is 5.47. The molecular weight excluding hydrogens is 462 g/mol. The molecule has 1 heterocycles. The summed E-state index contributed by atoms with van der Waals surface area (Å²) in [6.45, 7) is 4.77. The van der Waals surface area contributed by atoms with Crippen LogP contribution in [0.1, 0.15) is 62.2 Å². The Balaban J connectivity index is 1.47. The molecule has 36 heavy (non-hydrogen) atoms. The van der Waals surface area contributed by atoms with Gasteiger partial charge in [-0.15, -0.1) is 0 Å². The van der Waals surface area contributed by atoms with Crippen molar-refractivity contribution < 1.29 is 28.7 Å². The number of benzene rings is 3. The Morgan fingerprint density at radius 1 is 0.750 bits per heavy atom. The van der Waals surface area contributed by atoms with Crippen LogP contribution in [0.15, 0.2) is 66.7 Å². The zero-order chi connectivity index (χ0) is 26.0. The molecule has 2 N–H and O–H groups in total. The maximum absolute atomic E-state index is 12.8. The topological polar surface area (TPSA) is 122 Å². The molecule has 4 rings (SSSR count). The van der Waals surface area contributed by atoms with E-state index in [2.05, 4.69) is 10.6 Å². The van der Waals surface area contributed by atoms with E-state index in [9.17, 15) is 24.0 Å². The van der Waals surface area contributed by atoms with Gasteiger partial charge in [-0.2, -0.15) is 0 Å². The number of amides is 4. The van der Waals surface area contributed by atoms with E-state index in [4.69, 9.17) is 4.74 Å². The molecule has 1 aliphatic heterocycles. The van der Waals surface area contributed by atoms with Gasteiger partial charge in [0.25, 0.3) is 23.6 Å². The van der Waals surface area contributed by atoms with Gasteiger partial charge < -0.3 is 15.4 Å². The molecule has 1 aliphatic rings. The SMILES string of the molecule is CC(=O)Oc1cccc(C(=O)Nc2cccc(NC(=O)c3ccc4c(c3)C(=O)N(C(C)C)C4=O)c2)c1. The molecule has 3 aromatic rings. The Labute approximate surface area is 207 Å². The fourth-order valence-corrected chi connectivity index (χ4v) is 3.82. The molecule has 3 aromatic carbocycles. The zero-order valence-electron chi connectivity index (χ0n) is 19.8. The Kier molecular flexibility index (Phi) is 6.64. The summed E-state index contributed by atoms with van der Waals surface area (Å²) in [5.74, 6) is -1.95. The van der Waals surface area contributed by atoms with Gasteiger partial charge in [-0.05, 0) is 68.4 Å². The zero-order valence-corrected chi connectivity index (χ0v) is 19.8. The minimum absolute atomic E-state index is 0.193. The molecular formula is C27H23N3O6. The van der Waals surface area contributed by atoms with Crippen LogP contribution < -0.4 is 15.4 Å². The van der Waals surface area contributed by atoms with Crippen LogP contribution in [0, 0.1) is 0 Å². The Morgan fingerprint density at radius 2 is 1.33 bits per heavy atom. The van der Waals surface area contributed by atoms with E-state index >= 15 is 0 Å². The van der Waals surface area contributed by atoms with Crippen LogP contribution in [0.5, 0.6) is 5.75 Å². The predicted molar refractivity (Wildman–Crippen MR) is 132 cm³/mol. The summed E-state index contributed by atoms with van der Waals surface area (Å²) >= 11 is 0. The van der Waals surface area contributed by atoms with E-state index < -0.39 is 23.7 Å². The number of hydrogen-bond donors (Lipinski definition) is 2. The van der Waals surface area contributed by atoms with Crippen LogP contribution in [0.3, 0.4) is 0 Å². The third-order valence-electron chi connectivity index (χ3n) is 5.43. The first-order valence-electron chi connectivity index (χ1n) is 11.2. The monoisotopic (exact) mass is 485 g/mol. The van der Waals surface area contributed by atoms with Crippen molar-refractivity contribution in [1.29, 1.82) is 0 Å². The first-order valence-corrected chi connectivity index (χ1v) is 11.2. The molecule has 182 valence electrons. The van der Waals surface area contributed by atoms with Crippen LogP contribution in [0.25, 0.3) is 0 Å². The number of anilines is 2. The summed E-state index contributed by atoms with van der Waals surface area (Å²) < 4.78 is 5.01. The van der Waals surface area contributed by atoms with Crippen molar-refractivity contribution in [2.75, 3.05) is 10.6 Å². The number of fused-ring (bicyclic) bond motifs is 1. The molecule has 9 heteroatoms. The van der Waals surface area contributed by atoms with Gasteiger partial charge in [0.1, 0.15) is 5.75 Å². The summed E-state index contributed by atoms with van der Waals surface area (Å²) in [4.78, 5) is 62.9. The molecule has 0 radical (unpaired) electrons. The third kappa shape index (κ3) is 5.00. The van der Waals surface area contributed by atoms with Crippen LogP contribution in [0.4, 0.5) is 11.4 Å². The minimum atomic E-state index is -0.493. The van der Waals surface area contributed by atoms with E-state index in [1.165, 1.54) is 36.1 Å². The van der Waals surface area contributed by atoms with Gasteiger partial charge in [-0.25, -0.2) is 0 Å². The van der Waals surface area contributed by atoms with Crippen molar-refractivity contribution in [3.05, 3.63) is 89.0 Å². The first kappa shape index (κ1) is 24.3. The van der Waals surface area contributed by atoms with Gasteiger partial charge >= 0.3 is 5.97 Å². The van der Waals surface area contributed by atoms with Gasteiger partial charge in [0.2, 0.25) is 0 Å². The van der Waals surface area contributed by atoms with Crippen LogP contribution in [-0.4, -0.2) is 40.5 Å². The fraction of sp³-hybridized carbons (Fsp3) is 0.148. The second-order valence-corrected chi connectivity index (χ2v) is 8.44. The van der Waals surface area contributed by atoms with Crippen molar-refractivity contribution in [2.24, 2.45) is 0 Å². The molecule has 0 fully saturated rings. The van der Waals surface area contributed by atoms with Crippen molar-refractivity contribution in [2.45, 2.75) is 26.8 Å². The van der Waals surface area contributed by atoms with Crippen molar-refractivity contribution in [3.8, 4) is 5.75 Å². The standard InChI is InChI=1S/C27H23N3O6/c1-15(2)30-26(34)22-11-10-18(13-23(22)27(30)35)25(33)29-20-8-5-7-19(14-20)28-24(32)17-6-4-9-21(12-17)36-16(3)31/h4-15H,1-3H3,(H,28,32)(H,29,33). The number of ether oxygens (including phenoxy) is 1. The highest BCUT2D eigenvalue weighted by molar-refractivity contribution is 6.22. The van der Waals surface area contributed by atoms with E-state index in [0.717, 1.165) is 0 Å². The number of carbonyl (C=O) groups excluding carboxylic acids is 5. The number of carbonyl (C=O) groups is 5. The number of nitrogens with one attached hydrogen (secondary N) is 2. The number of rotatable bonds is 6. The van der Waals surface area contributed by atoms with Gasteiger partial charge in [-0.3, -0.25) is 28.9 Å². The van der Waals surface area contributed by atoms with E-state index in [1.54, 1.807) is 56.3 Å². The molecule has 9 nitrogen and oxygen atoms in total. The van der Waals surface area contributed by atoms with Crippen LogP contribution in [0.2, 0.25) is 0 Å². The highest BCUT2D eigenvalue weighted by Gasteiger charge is 2.37. The lowest BCUT2D eigenvalue weighted by molar-refractivity contribution is -0.131. The molecule has 0 aliphatic carbocycles. The molecule has 0 spiro atoms. The Morgan fingerprint density at radius 3 is 1.94 bits per heavy atom. The molecule has 0 bridgehead atoms. The number of esters is 1. The van der Waals surface area contributed by atoms with Gasteiger partial charge in [-0.1, -0.05) is 12.1 Å². The van der Waals surface area contributed by atoms with E-state index in [0.29, 0.717) is 11.4 Å². The molecule has 0 saturated carbocycles. The lowest BCUT2D eigenvalue weighted by Crippen LogP contribution is -2.35. The quantitative estimate of drug-likeness (QED) is 0.308. The second-order valence-electron chi connectivity index (χ2n) is 8.44. The van der Waals surface area contributed by atoms with Gasteiger partial charge in [0, 0.05) is 35.5 Å². The van der Waals surface area contributed by atoms with Crippen LogP contribution >= 0.6 is 0 Å². The van der Waals surface area contributed by atoms with Crippen LogP contribution in [-0.2, 0) is 4.79 Å². The predicted octanol–water partition coefficient (Wildman–Crippen LogP) is 4.12. The van der Waals surface area contributed by atoms with Crippen molar-refractivity contribution in [3.63, 3.8) is 0 Å². The first-order chi connectivity index (χ1) is 17.1. The summed E-state index contributed by atoms with van der Waals surface area (Å²) in [6, 6.07) is 16.8. The fourth-order valence-electron chi connectivity index (χ4n) is 3.82. The molecule has 4 amide bonds. The van der Waals surface area contributed by atoms with E-state index in [-0.39, 0.29) is 40.0 Å². The lowest BCUT2D eigenvalue weighted by Gasteiger charge is -2.17. The minimum Gasteiger partial charge on any atom is -0.427 e. The Hall–Kier alpha value is -4.79. The highest BCUT2D eigenvalue weighted by atomic mass is 16.5. The second kappa shape index (κ2) is 9.83. The smallest absolute Gasteiger partial charge is 0.308 e. The van der Waals surface area contributed by atoms with Crippen molar-refractivity contribution >= 4 is 41.0 Å².